The molecular formula is C15H20N2O4. The number of nitrogens with one attached hydrogen (secondary N) is 1. The minimum atomic E-state index is -1.08. The molecule has 114 valence electrons. The highest BCUT2D eigenvalue weighted by Crippen LogP contribution is 2.14. The van der Waals surface area contributed by atoms with E-state index in [9.17, 15) is 9.59 Å². The normalized spacial score (nSPS) is 10.8. The molecule has 0 atom stereocenters. The Morgan fingerprint density at radius 3 is 2.81 bits per heavy atom. The first-order valence-corrected chi connectivity index (χ1v) is 6.52. The lowest BCUT2D eigenvalue weighted by atomic mass is 10.2. The maximum Gasteiger partial charge on any atom is 0.322 e. The maximum absolute atomic E-state index is 11.4. The third kappa shape index (κ3) is 7.74. The fraction of sp³-hybridized carbons (Fsp3) is 0.333. The number of aliphatic carboxylic acids is 1. The minimum absolute atomic E-state index is 0.392. The van der Waals surface area contributed by atoms with Gasteiger partial charge in [0, 0.05) is 12.6 Å². The van der Waals surface area contributed by atoms with Crippen molar-refractivity contribution in [2.45, 2.75) is 0 Å². The van der Waals surface area contributed by atoms with Crippen LogP contribution in [0.3, 0.4) is 0 Å². The van der Waals surface area contributed by atoms with Crippen LogP contribution in [-0.4, -0.2) is 55.7 Å². The van der Waals surface area contributed by atoms with Gasteiger partial charge in [-0.05, 0) is 37.9 Å². The van der Waals surface area contributed by atoms with E-state index in [1.807, 2.05) is 43.3 Å². The Balaban J connectivity index is 2.51. The summed E-state index contributed by atoms with van der Waals surface area (Å²) >= 11 is 0. The summed E-state index contributed by atoms with van der Waals surface area (Å²) in [6.45, 7) is 1.01. The molecule has 0 saturated heterocycles. The zero-order chi connectivity index (χ0) is 15.7. The molecule has 2 N–H and O–H groups in total. The van der Waals surface area contributed by atoms with Crippen LogP contribution in [0.15, 0.2) is 30.3 Å². The zero-order valence-corrected chi connectivity index (χ0v) is 12.2. The third-order valence-electron chi connectivity index (χ3n) is 2.51. The van der Waals surface area contributed by atoms with E-state index in [1.54, 1.807) is 6.08 Å². The first-order valence-electron chi connectivity index (χ1n) is 6.52. The highest BCUT2D eigenvalue weighted by Gasteiger charge is 2.00. The molecule has 0 unspecified atom stereocenters. The zero-order valence-electron chi connectivity index (χ0n) is 12.2. The number of likely N-dealkylation sites (N-methyl/N-ethyl adjacent to an activating group) is 1. The number of hydrogen-bond acceptors (Lipinski definition) is 4. The lowest BCUT2D eigenvalue weighted by molar-refractivity contribution is -0.137. The Hall–Kier alpha value is -2.34. The van der Waals surface area contributed by atoms with Gasteiger partial charge >= 0.3 is 5.97 Å². The molecule has 1 rings (SSSR count). The second kappa shape index (κ2) is 8.76. The van der Waals surface area contributed by atoms with Crippen LogP contribution in [0.4, 0.5) is 0 Å². The van der Waals surface area contributed by atoms with Gasteiger partial charge in [-0.1, -0.05) is 12.1 Å². The molecule has 0 aliphatic heterocycles. The van der Waals surface area contributed by atoms with Crippen LogP contribution >= 0.6 is 0 Å². The first-order chi connectivity index (χ1) is 9.97. The molecule has 0 fully saturated rings. The fourth-order valence-electron chi connectivity index (χ4n) is 1.45. The predicted molar refractivity (Wildman–Crippen MR) is 80.2 cm³/mol. The van der Waals surface area contributed by atoms with Crippen molar-refractivity contribution in [1.82, 2.24) is 10.2 Å². The average Bonchev–Trinajstić information content (AvgIpc) is 2.43. The molecule has 1 amide bonds. The Morgan fingerprint density at radius 2 is 2.14 bits per heavy atom. The molecule has 0 aliphatic carbocycles. The van der Waals surface area contributed by atoms with Crippen molar-refractivity contribution in [3.63, 3.8) is 0 Å². The number of benzene rings is 1. The average molecular weight is 292 g/mol. The summed E-state index contributed by atoms with van der Waals surface area (Å²) in [6.07, 6.45) is 2.90. The van der Waals surface area contributed by atoms with Crippen LogP contribution in [0.25, 0.3) is 6.08 Å². The van der Waals surface area contributed by atoms with Crippen LogP contribution in [-0.2, 0) is 9.59 Å². The van der Waals surface area contributed by atoms with Crippen LogP contribution < -0.4 is 10.1 Å². The topological polar surface area (TPSA) is 78.9 Å². The molecule has 6 heteroatoms. The number of carboxylic acids is 1. The second-order valence-corrected chi connectivity index (χ2v) is 4.67. The summed E-state index contributed by atoms with van der Waals surface area (Å²) in [5, 5.41) is 10.7. The standard InChI is InChI=1S/C15H20N2O4/c1-17(2)8-9-21-13-5-3-4-12(10-13)6-7-14(18)16-11-15(19)20/h3-7,10H,8-9,11H2,1-2H3,(H,16,18)(H,19,20)/b7-6+. The van der Waals surface area contributed by atoms with Crippen molar-refractivity contribution in [3.05, 3.63) is 35.9 Å². The van der Waals surface area contributed by atoms with Crippen LogP contribution in [0.5, 0.6) is 5.75 Å². The Kier molecular flexibility index (Phi) is 6.97. The molecule has 0 aliphatic rings. The Labute approximate surface area is 124 Å². The van der Waals surface area contributed by atoms with Crippen molar-refractivity contribution in [1.29, 1.82) is 0 Å². The van der Waals surface area contributed by atoms with Crippen molar-refractivity contribution in [3.8, 4) is 5.75 Å². The molecular weight excluding hydrogens is 272 g/mol. The van der Waals surface area contributed by atoms with Gasteiger partial charge in [0.25, 0.3) is 0 Å². The summed E-state index contributed by atoms with van der Waals surface area (Å²) in [6, 6.07) is 7.33. The smallest absolute Gasteiger partial charge is 0.322 e. The van der Waals surface area contributed by atoms with E-state index in [2.05, 4.69) is 5.32 Å². The summed E-state index contributed by atoms with van der Waals surface area (Å²) in [5.41, 5.74) is 0.808. The van der Waals surface area contributed by atoms with Gasteiger partial charge in [-0.25, -0.2) is 0 Å². The molecule has 6 nitrogen and oxygen atoms in total. The highest BCUT2D eigenvalue weighted by molar-refractivity contribution is 5.93. The van der Waals surface area contributed by atoms with Gasteiger partial charge in [-0.3, -0.25) is 9.59 Å². The van der Waals surface area contributed by atoms with E-state index < -0.39 is 18.4 Å². The largest absolute Gasteiger partial charge is 0.492 e. The van der Waals surface area contributed by atoms with E-state index in [0.29, 0.717) is 6.61 Å². The SMILES string of the molecule is CN(C)CCOc1cccc(/C=C/C(=O)NCC(=O)O)c1. The lowest BCUT2D eigenvalue weighted by Crippen LogP contribution is -2.27. The molecule has 21 heavy (non-hydrogen) atoms. The Morgan fingerprint density at radius 1 is 1.38 bits per heavy atom. The molecule has 1 aromatic carbocycles. The van der Waals surface area contributed by atoms with E-state index >= 15 is 0 Å². The number of amides is 1. The molecule has 1 aromatic rings. The van der Waals surface area contributed by atoms with E-state index in [0.717, 1.165) is 17.9 Å². The fourth-order valence-corrected chi connectivity index (χ4v) is 1.45. The van der Waals surface area contributed by atoms with Gasteiger partial charge in [0.15, 0.2) is 0 Å². The van der Waals surface area contributed by atoms with E-state index in [4.69, 9.17) is 9.84 Å². The van der Waals surface area contributed by atoms with Crippen molar-refractivity contribution >= 4 is 18.0 Å². The molecule has 0 spiro atoms. The van der Waals surface area contributed by atoms with Crippen molar-refractivity contribution in [2.24, 2.45) is 0 Å². The molecule has 0 radical (unpaired) electrons. The number of hydrogen-bond donors (Lipinski definition) is 2. The van der Waals surface area contributed by atoms with Crippen molar-refractivity contribution < 1.29 is 19.4 Å². The maximum atomic E-state index is 11.4. The summed E-state index contributed by atoms with van der Waals surface area (Å²) < 4.78 is 5.59. The first kappa shape index (κ1) is 16.7. The lowest BCUT2D eigenvalue weighted by Gasteiger charge is -2.11. The van der Waals surface area contributed by atoms with E-state index in [-0.39, 0.29) is 0 Å². The van der Waals surface area contributed by atoms with Gasteiger partial charge in [0.05, 0.1) is 0 Å². The van der Waals surface area contributed by atoms with Crippen LogP contribution in [0.2, 0.25) is 0 Å². The van der Waals surface area contributed by atoms with Gasteiger partial charge in [-0.2, -0.15) is 0 Å². The molecule has 0 bridgehead atoms. The van der Waals surface area contributed by atoms with Gasteiger partial charge in [-0.15, -0.1) is 0 Å². The number of nitrogens with zero attached hydrogens (tertiary/aromatic N) is 1. The summed E-state index contributed by atoms with van der Waals surface area (Å²) in [7, 11) is 3.94. The highest BCUT2D eigenvalue weighted by atomic mass is 16.5. The quantitative estimate of drug-likeness (QED) is 0.694. The van der Waals surface area contributed by atoms with Gasteiger partial charge in [0.1, 0.15) is 18.9 Å². The molecule has 0 heterocycles. The number of rotatable bonds is 8. The van der Waals surface area contributed by atoms with Gasteiger partial charge in [0.2, 0.25) is 5.91 Å². The van der Waals surface area contributed by atoms with Crippen LogP contribution in [0.1, 0.15) is 5.56 Å². The number of ether oxygens (including phenoxy) is 1. The van der Waals surface area contributed by atoms with Crippen molar-refractivity contribution in [2.75, 3.05) is 33.8 Å². The summed E-state index contributed by atoms with van der Waals surface area (Å²) in [4.78, 5) is 23.7. The third-order valence-corrected chi connectivity index (χ3v) is 2.51. The molecule has 0 aromatic heterocycles. The minimum Gasteiger partial charge on any atom is -0.492 e. The number of carbonyl (C=O) groups excluding carboxylic acids is 1. The number of carboxylic acid groups (broad SMARTS) is 1. The van der Waals surface area contributed by atoms with E-state index in [1.165, 1.54) is 6.08 Å². The predicted octanol–water partition coefficient (Wildman–Crippen LogP) is 0.841. The van der Waals surface area contributed by atoms with Crippen LogP contribution in [0, 0.1) is 0 Å². The Bertz CT molecular complexity index is 512. The second-order valence-electron chi connectivity index (χ2n) is 4.67. The van der Waals surface area contributed by atoms with Gasteiger partial charge < -0.3 is 20.1 Å². The summed E-state index contributed by atoms with van der Waals surface area (Å²) in [5.74, 6) is -0.797. The molecule has 0 saturated carbocycles. The monoisotopic (exact) mass is 292 g/mol. The number of carbonyl (C=O) groups is 2.